The minimum atomic E-state index is 0.212. The first-order chi connectivity index (χ1) is 7.52. The zero-order valence-corrected chi connectivity index (χ0v) is 11.1. The molecule has 0 aliphatic rings. The molecule has 0 aliphatic heterocycles. The highest BCUT2D eigenvalue weighted by Gasteiger charge is 2.16. The summed E-state index contributed by atoms with van der Waals surface area (Å²) in [5.74, 6) is 0. The van der Waals surface area contributed by atoms with Crippen molar-refractivity contribution in [2.75, 3.05) is 6.54 Å². The van der Waals surface area contributed by atoms with E-state index in [0.717, 1.165) is 32.4 Å². The van der Waals surface area contributed by atoms with Crippen molar-refractivity contribution in [2.24, 2.45) is 11.1 Å². The Hall–Kier alpha value is -0.830. The van der Waals surface area contributed by atoms with Crippen molar-refractivity contribution in [3.05, 3.63) is 17.5 Å². The normalized spacial score (nSPS) is 12.1. The van der Waals surface area contributed by atoms with Crippen LogP contribution in [0.3, 0.4) is 0 Å². The molecule has 92 valence electrons. The molecule has 0 aromatic carbocycles. The van der Waals surface area contributed by atoms with Crippen LogP contribution in [0.15, 0.2) is 6.07 Å². The van der Waals surface area contributed by atoms with Gasteiger partial charge in [-0.15, -0.1) is 0 Å². The summed E-state index contributed by atoms with van der Waals surface area (Å²) in [4.78, 5) is 0. The minimum absolute atomic E-state index is 0.212. The van der Waals surface area contributed by atoms with Gasteiger partial charge in [-0.25, -0.2) is 0 Å². The molecule has 0 fully saturated rings. The predicted octanol–water partition coefficient (Wildman–Crippen LogP) is 2.38. The molecule has 1 aromatic heterocycles. The molecule has 2 N–H and O–H groups in total. The molecule has 0 radical (unpaired) electrons. The standard InChI is InChI=1S/C13H25N3/c1-5-11-9-12(6-2)16(15-11)8-7-13(3,4)10-14/h9H,5-8,10,14H2,1-4H3. The van der Waals surface area contributed by atoms with E-state index < -0.39 is 0 Å². The van der Waals surface area contributed by atoms with E-state index in [9.17, 15) is 0 Å². The fraction of sp³-hybridized carbons (Fsp3) is 0.769. The molecule has 1 heterocycles. The molecule has 1 rings (SSSR count). The van der Waals surface area contributed by atoms with Gasteiger partial charge in [0.25, 0.3) is 0 Å². The van der Waals surface area contributed by atoms with Crippen molar-refractivity contribution < 1.29 is 0 Å². The fourth-order valence-electron chi connectivity index (χ4n) is 1.68. The third-order valence-corrected chi connectivity index (χ3v) is 3.19. The number of hydrogen-bond acceptors (Lipinski definition) is 2. The van der Waals surface area contributed by atoms with Gasteiger partial charge in [0.15, 0.2) is 0 Å². The lowest BCUT2D eigenvalue weighted by atomic mass is 9.90. The average molecular weight is 223 g/mol. The smallest absolute Gasteiger partial charge is 0.0624 e. The monoisotopic (exact) mass is 223 g/mol. The van der Waals surface area contributed by atoms with Gasteiger partial charge in [-0.3, -0.25) is 4.68 Å². The van der Waals surface area contributed by atoms with E-state index in [2.05, 4.69) is 43.5 Å². The highest BCUT2D eigenvalue weighted by Crippen LogP contribution is 2.19. The van der Waals surface area contributed by atoms with Gasteiger partial charge in [0, 0.05) is 12.2 Å². The molecule has 0 bridgehead atoms. The molecule has 0 saturated heterocycles. The summed E-state index contributed by atoms with van der Waals surface area (Å²) in [5.41, 5.74) is 8.49. The maximum absolute atomic E-state index is 5.74. The van der Waals surface area contributed by atoms with E-state index in [1.807, 2.05) is 0 Å². The summed E-state index contributed by atoms with van der Waals surface area (Å²) < 4.78 is 2.15. The largest absolute Gasteiger partial charge is 0.330 e. The summed E-state index contributed by atoms with van der Waals surface area (Å²) in [5, 5.41) is 4.61. The summed E-state index contributed by atoms with van der Waals surface area (Å²) >= 11 is 0. The SMILES string of the molecule is CCc1cc(CC)n(CCC(C)(C)CN)n1. The molecule has 0 atom stereocenters. The summed E-state index contributed by atoms with van der Waals surface area (Å²) in [7, 11) is 0. The zero-order valence-electron chi connectivity index (χ0n) is 11.1. The molecule has 0 spiro atoms. The molecule has 0 unspecified atom stereocenters. The van der Waals surface area contributed by atoms with Crippen molar-refractivity contribution >= 4 is 0 Å². The van der Waals surface area contributed by atoms with Crippen LogP contribution in [0.2, 0.25) is 0 Å². The van der Waals surface area contributed by atoms with Crippen LogP contribution in [0, 0.1) is 5.41 Å². The molecule has 3 heteroatoms. The van der Waals surface area contributed by atoms with Crippen LogP contribution in [-0.4, -0.2) is 16.3 Å². The molecular weight excluding hydrogens is 198 g/mol. The highest BCUT2D eigenvalue weighted by molar-refractivity contribution is 5.10. The number of hydrogen-bond donors (Lipinski definition) is 1. The van der Waals surface area contributed by atoms with E-state index in [4.69, 9.17) is 5.73 Å². The van der Waals surface area contributed by atoms with Crippen LogP contribution in [0.5, 0.6) is 0 Å². The van der Waals surface area contributed by atoms with Crippen molar-refractivity contribution in [3.63, 3.8) is 0 Å². The number of rotatable bonds is 6. The van der Waals surface area contributed by atoms with Gasteiger partial charge in [0.2, 0.25) is 0 Å². The van der Waals surface area contributed by atoms with E-state index >= 15 is 0 Å². The Kier molecular flexibility index (Phi) is 4.54. The molecule has 0 saturated carbocycles. The Morgan fingerprint density at radius 1 is 1.31 bits per heavy atom. The van der Waals surface area contributed by atoms with Gasteiger partial charge < -0.3 is 5.73 Å². The maximum Gasteiger partial charge on any atom is 0.0624 e. The van der Waals surface area contributed by atoms with Crippen LogP contribution >= 0.6 is 0 Å². The van der Waals surface area contributed by atoms with Gasteiger partial charge in [-0.05, 0) is 37.3 Å². The summed E-state index contributed by atoms with van der Waals surface area (Å²) in [6.45, 7) is 10.5. The number of nitrogens with two attached hydrogens (primary N) is 1. The first kappa shape index (κ1) is 13.2. The van der Waals surface area contributed by atoms with Crippen LogP contribution in [0.25, 0.3) is 0 Å². The van der Waals surface area contributed by atoms with Crippen molar-refractivity contribution in [2.45, 2.75) is 53.5 Å². The maximum atomic E-state index is 5.74. The third-order valence-electron chi connectivity index (χ3n) is 3.19. The van der Waals surface area contributed by atoms with Gasteiger partial charge in [-0.2, -0.15) is 5.10 Å². The quantitative estimate of drug-likeness (QED) is 0.804. The van der Waals surface area contributed by atoms with E-state index in [0.29, 0.717) is 0 Å². The summed E-state index contributed by atoms with van der Waals surface area (Å²) in [6, 6.07) is 2.22. The average Bonchev–Trinajstić information content (AvgIpc) is 2.69. The van der Waals surface area contributed by atoms with Crippen molar-refractivity contribution in [3.8, 4) is 0 Å². The molecule has 16 heavy (non-hydrogen) atoms. The molecule has 0 aliphatic carbocycles. The molecule has 1 aromatic rings. The van der Waals surface area contributed by atoms with Crippen LogP contribution in [0.4, 0.5) is 0 Å². The molecule has 0 amide bonds. The second-order valence-electron chi connectivity index (χ2n) is 5.18. The Morgan fingerprint density at radius 3 is 2.50 bits per heavy atom. The molecule has 3 nitrogen and oxygen atoms in total. The van der Waals surface area contributed by atoms with Crippen molar-refractivity contribution in [1.82, 2.24) is 9.78 Å². The highest BCUT2D eigenvalue weighted by atomic mass is 15.3. The Balaban J connectivity index is 2.69. The second-order valence-corrected chi connectivity index (χ2v) is 5.18. The van der Waals surface area contributed by atoms with Crippen LogP contribution in [-0.2, 0) is 19.4 Å². The first-order valence-electron chi connectivity index (χ1n) is 6.28. The van der Waals surface area contributed by atoms with Crippen molar-refractivity contribution in [1.29, 1.82) is 0 Å². The van der Waals surface area contributed by atoms with E-state index in [1.54, 1.807) is 0 Å². The zero-order chi connectivity index (χ0) is 12.2. The fourth-order valence-corrected chi connectivity index (χ4v) is 1.68. The topological polar surface area (TPSA) is 43.8 Å². The molecular formula is C13H25N3. The van der Waals surface area contributed by atoms with Gasteiger partial charge in [-0.1, -0.05) is 27.7 Å². The predicted molar refractivity (Wildman–Crippen MR) is 68.4 cm³/mol. The lowest BCUT2D eigenvalue weighted by Crippen LogP contribution is -2.25. The van der Waals surface area contributed by atoms with Gasteiger partial charge >= 0.3 is 0 Å². The number of aromatic nitrogens is 2. The van der Waals surface area contributed by atoms with Gasteiger partial charge in [0.1, 0.15) is 0 Å². The number of nitrogens with zero attached hydrogens (tertiary/aromatic N) is 2. The Morgan fingerprint density at radius 2 is 2.00 bits per heavy atom. The van der Waals surface area contributed by atoms with E-state index in [1.165, 1.54) is 11.4 Å². The Labute approximate surface area is 99.0 Å². The second kappa shape index (κ2) is 5.48. The summed E-state index contributed by atoms with van der Waals surface area (Å²) in [6.07, 6.45) is 3.15. The Bertz CT molecular complexity index is 326. The minimum Gasteiger partial charge on any atom is -0.330 e. The third kappa shape index (κ3) is 3.34. The van der Waals surface area contributed by atoms with E-state index in [-0.39, 0.29) is 5.41 Å². The van der Waals surface area contributed by atoms with Gasteiger partial charge in [0.05, 0.1) is 5.69 Å². The van der Waals surface area contributed by atoms with Crippen LogP contribution in [0.1, 0.15) is 45.5 Å². The lowest BCUT2D eigenvalue weighted by molar-refractivity contribution is 0.314. The first-order valence-corrected chi connectivity index (χ1v) is 6.28. The van der Waals surface area contributed by atoms with Crippen LogP contribution < -0.4 is 5.73 Å². The lowest BCUT2D eigenvalue weighted by Gasteiger charge is -2.22. The number of aryl methyl sites for hydroxylation is 3.